The summed E-state index contributed by atoms with van der Waals surface area (Å²) in [5.74, 6) is -3.66. The summed E-state index contributed by atoms with van der Waals surface area (Å²) >= 11 is 0. The molecule has 0 aliphatic rings. The summed E-state index contributed by atoms with van der Waals surface area (Å²) in [5, 5.41) is 14.8. The number of oxazole rings is 1. The molecule has 134 valence electrons. The number of halogens is 2. The highest BCUT2D eigenvalue weighted by molar-refractivity contribution is 5.90. The molecule has 2 heterocycles. The third kappa shape index (κ3) is 4.06. The molecule has 11 heteroatoms. The number of carboxylic acids is 1. The summed E-state index contributed by atoms with van der Waals surface area (Å²) in [6.45, 7) is -0.385. The van der Waals surface area contributed by atoms with Gasteiger partial charge in [0, 0.05) is 5.56 Å². The number of carbonyl (C=O) groups is 2. The van der Waals surface area contributed by atoms with Gasteiger partial charge in [-0.05, 0) is 18.2 Å². The van der Waals surface area contributed by atoms with Gasteiger partial charge in [0.1, 0.15) is 19.1 Å². The van der Waals surface area contributed by atoms with Crippen LogP contribution in [0.3, 0.4) is 0 Å². The van der Waals surface area contributed by atoms with E-state index in [9.17, 15) is 18.4 Å². The van der Waals surface area contributed by atoms with E-state index in [1.165, 1.54) is 18.7 Å². The van der Waals surface area contributed by atoms with E-state index in [1.54, 1.807) is 0 Å². The third-order valence-electron chi connectivity index (χ3n) is 3.14. The van der Waals surface area contributed by atoms with Gasteiger partial charge < -0.3 is 9.52 Å². The van der Waals surface area contributed by atoms with Crippen molar-refractivity contribution < 1.29 is 27.9 Å². The number of amides is 1. The van der Waals surface area contributed by atoms with E-state index < -0.39 is 23.5 Å². The second-order valence-corrected chi connectivity index (χ2v) is 5.16. The van der Waals surface area contributed by atoms with Crippen LogP contribution in [0.5, 0.6) is 0 Å². The number of carbonyl (C=O) groups excluding carboxylic acids is 1. The molecule has 1 amide bonds. The van der Waals surface area contributed by atoms with Crippen molar-refractivity contribution in [2.75, 3.05) is 5.32 Å². The first-order valence-corrected chi connectivity index (χ1v) is 7.21. The molecule has 0 atom stereocenters. The van der Waals surface area contributed by atoms with Gasteiger partial charge in [-0.25, -0.2) is 23.4 Å². The van der Waals surface area contributed by atoms with Crippen molar-refractivity contribution in [1.82, 2.24) is 19.7 Å². The summed E-state index contributed by atoms with van der Waals surface area (Å²) < 4.78 is 32.4. The van der Waals surface area contributed by atoms with Crippen molar-refractivity contribution in [2.24, 2.45) is 0 Å². The van der Waals surface area contributed by atoms with Crippen LogP contribution in [-0.2, 0) is 22.6 Å². The van der Waals surface area contributed by atoms with Crippen LogP contribution in [0, 0.1) is 11.6 Å². The van der Waals surface area contributed by atoms with Gasteiger partial charge in [0.25, 0.3) is 0 Å². The van der Waals surface area contributed by atoms with Gasteiger partial charge in [-0.2, -0.15) is 0 Å². The number of anilines is 1. The zero-order valence-electron chi connectivity index (χ0n) is 13.0. The Morgan fingerprint density at radius 2 is 2.08 bits per heavy atom. The normalized spacial score (nSPS) is 10.7. The largest absolute Gasteiger partial charge is 0.480 e. The Bertz CT molecular complexity index is 969. The number of aliphatic carboxylic acids is 1. The predicted molar refractivity (Wildman–Crippen MR) is 81.8 cm³/mol. The van der Waals surface area contributed by atoms with Crippen LogP contribution in [0.2, 0.25) is 0 Å². The molecular formula is C15H11F2N5O4. The van der Waals surface area contributed by atoms with Crippen LogP contribution < -0.4 is 5.32 Å². The highest BCUT2D eigenvalue weighted by atomic mass is 19.2. The fraction of sp³-hybridized carbons (Fsp3) is 0.133. The van der Waals surface area contributed by atoms with Crippen LogP contribution in [0.25, 0.3) is 11.5 Å². The van der Waals surface area contributed by atoms with E-state index in [0.29, 0.717) is 0 Å². The van der Waals surface area contributed by atoms with Crippen molar-refractivity contribution in [2.45, 2.75) is 13.0 Å². The van der Waals surface area contributed by atoms with Crippen molar-refractivity contribution in [3.63, 3.8) is 0 Å². The number of aromatic nitrogens is 4. The molecule has 9 nitrogen and oxygen atoms in total. The third-order valence-corrected chi connectivity index (χ3v) is 3.14. The van der Waals surface area contributed by atoms with Crippen molar-refractivity contribution in [3.8, 4) is 11.5 Å². The first kappa shape index (κ1) is 17.2. The monoisotopic (exact) mass is 363 g/mol. The van der Waals surface area contributed by atoms with Gasteiger partial charge in [-0.1, -0.05) is 0 Å². The lowest BCUT2D eigenvalue weighted by molar-refractivity contribution is -0.137. The summed E-state index contributed by atoms with van der Waals surface area (Å²) in [7, 11) is 0. The molecule has 0 radical (unpaired) electrons. The summed E-state index contributed by atoms with van der Waals surface area (Å²) in [4.78, 5) is 30.3. The molecule has 0 fully saturated rings. The highest BCUT2D eigenvalue weighted by Crippen LogP contribution is 2.21. The first-order chi connectivity index (χ1) is 12.4. The minimum atomic E-state index is -1.10. The maximum atomic E-state index is 13.2. The van der Waals surface area contributed by atoms with E-state index in [1.807, 2.05) is 0 Å². The SMILES string of the molecule is O=C(O)Cn1cnc(NC(=O)Cc2coc(-c3ccc(F)c(F)c3)n2)n1. The van der Waals surface area contributed by atoms with Crippen LogP contribution in [0.4, 0.5) is 14.7 Å². The number of hydrogen-bond donors (Lipinski definition) is 2. The Hall–Kier alpha value is -3.63. The number of nitrogens with one attached hydrogen (secondary N) is 1. The quantitative estimate of drug-likeness (QED) is 0.680. The smallest absolute Gasteiger partial charge is 0.325 e. The minimum Gasteiger partial charge on any atom is -0.480 e. The maximum absolute atomic E-state index is 13.2. The average Bonchev–Trinajstić information content (AvgIpc) is 3.19. The highest BCUT2D eigenvalue weighted by Gasteiger charge is 2.14. The molecular weight excluding hydrogens is 352 g/mol. The lowest BCUT2D eigenvalue weighted by Gasteiger charge is -1.98. The Morgan fingerprint density at radius 1 is 1.27 bits per heavy atom. The Morgan fingerprint density at radius 3 is 2.81 bits per heavy atom. The van der Waals surface area contributed by atoms with Crippen LogP contribution >= 0.6 is 0 Å². The Labute approximate surface area is 144 Å². The van der Waals surface area contributed by atoms with Crippen molar-refractivity contribution in [1.29, 1.82) is 0 Å². The first-order valence-electron chi connectivity index (χ1n) is 7.21. The zero-order chi connectivity index (χ0) is 18.7. The van der Waals surface area contributed by atoms with Gasteiger partial charge >= 0.3 is 5.97 Å². The van der Waals surface area contributed by atoms with Crippen LogP contribution in [0.15, 0.2) is 35.2 Å². The summed E-state index contributed by atoms with van der Waals surface area (Å²) in [5.41, 5.74) is 0.483. The molecule has 0 aliphatic heterocycles. The molecule has 2 N–H and O–H groups in total. The predicted octanol–water partition coefficient (Wildman–Crippen LogP) is 1.48. The number of nitrogens with zero attached hydrogens (tertiary/aromatic N) is 4. The van der Waals surface area contributed by atoms with E-state index in [-0.39, 0.29) is 36.1 Å². The summed E-state index contributed by atoms with van der Waals surface area (Å²) in [6.07, 6.45) is 2.20. The number of rotatable bonds is 6. The maximum Gasteiger partial charge on any atom is 0.325 e. The Balaban J connectivity index is 1.63. The molecule has 0 aliphatic carbocycles. The second-order valence-electron chi connectivity index (χ2n) is 5.16. The van der Waals surface area contributed by atoms with Crippen molar-refractivity contribution in [3.05, 3.63) is 48.1 Å². The molecule has 0 bridgehead atoms. The van der Waals surface area contributed by atoms with Gasteiger partial charge in [-0.15, -0.1) is 5.10 Å². The van der Waals surface area contributed by atoms with Gasteiger partial charge in [-0.3, -0.25) is 14.9 Å². The van der Waals surface area contributed by atoms with Gasteiger partial charge in [0.2, 0.25) is 17.7 Å². The van der Waals surface area contributed by atoms with E-state index in [4.69, 9.17) is 9.52 Å². The topological polar surface area (TPSA) is 123 Å². The molecule has 1 aromatic carbocycles. The lowest BCUT2D eigenvalue weighted by Crippen LogP contribution is -2.16. The minimum absolute atomic E-state index is 0.0376. The fourth-order valence-corrected chi connectivity index (χ4v) is 2.05. The van der Waals surface area contributed by atoms with E-state index in [2.05, 4.69) is 20.4 Å². The molecule has 3 aromatic rings. The zero-order valence-corrected chi connectivity index (χ0v) is 13.0. The van der Waals surface area contributed by atoms with Gasteiger partial charge in [0.05, 0.1) is 12.1 Å². The van der Waals surface area contributed by atoms with E-state index in [0.717, 1.165) is 16.8 Å². The van der Waals surface area contributed by atoms with E-state index >= 15 is 0 Å². The molecule has 26 heavy (non-hydrogen) atoms. The molecule has 3 rings (SSSR count). The molecule has 2 aromatic heterocycles. The lowest BCUT2D eigenvalue weighted by atomic mass is 10.2. The number of benzene rings is 1. The van der Waals surface area contributed by atoms with Crippen molar-refractivity contribution >= 4 is 17.8 Å². The number of carboxylic acid groups (broad SMARTS) is 1. The number of hydrogen-bond acceptors (Lipinski definition) is 6. The molecule has 0 spiro atoms. The molecule has 0 saturated heterocycles. The molecule has 0 unspecified atom stereocenters. The van der Waals surface area contributed by atoms with Crippen LogP contribution in [0.1, 0.15) is 5.69 Å². The standard InChI is InChI=1S/C15H11F2N5O4/c16-10-2-1-8(3-11(10)17)14-19-9(6-26-14)4-12(23)20-15-18-7-22(21-15)5-13(24)25/h1-3,6-7H,4-5H2,(H,24,25)(H,20,21,23). The summed E-state index contributed by atoms with van der Waals surface area (Å²) in [6, 6.07) is 3.18. The average molecular weight is 363 g/mol. The Kier molecular flexibility index (Phi) is 4.69. The van der Waals surface area contributed by atoms with Crippen LogP contribution in [-0.4, -0.2) is 36.7 Å². The second kappa shape index (κ2) is 7.09. The fourth-order valence-electron chi connectivity index (χ4n) is 2.05. The molecule has 0 saturated carbocycles. The van der Waals surface area contributed by atoms with Gasteiger partial charge in [0.15, 0.2) is 11.6 Å².